The van der Waals surface area contributed by atoms with Crippen molar-refractivity contribution < 1.29 is 23.5 Å². The van der Waals surface area contributed by atoms with Crippen LogP contribution in [0.3, 0.4) is 0 Å². The fourth-order valence-electron chi connectivity index (χ4n) is 4.90. The van der Waals surface area contributed by atoms with Gasteiger partial charge in [0.05, 0.1) is 30.2 Å². The van der Waals surface area contributed by atoms with Crippen LogP contribution in [-0.2, 0) is 0 Å². The molecule has 0 bridgehead atoms. The molecule has 1 aliphatic heterocycles. The van der Waals surface area contributed by atoms with Crippen LogP contribution < -0.4 is 19.8 Å². The summed E-state index contributed by atoms with van der Waals surface area (Å²) >= 11 is 0. The smallest absolute Gasteiger partial charge is 0.295 e. The van der Waals surface area contributed by atoms with Crippen LogP contribution in [0.5, 0.6) is 11.5 Å². The number of fused-ring (bicyclic) bond motifs is 2. The van der Waals surface area contributed by atoms with E-state index in [9.17, 15) is 14.4 Å². The van der Waals surface area contributed by atoms with Gasteiger partial charge in [0.1, 0.15) is 5.58 Å². The van der Waals surface area contributed by atoms with Gasteiger partial charge in [-0.2, -0.15) is 0 Å². The Morgan fingerprint density at radius 3 is 2.21 bits per heavy atom. The second-order valence-electron chi connectivity index (χ2n) is 9.36. The highest BCUT2D eigenvalue weighted by molar-refractivity contribution is 6.11. The van der Waals surface area contributed by atoms with Gasteiger partial charge in [0, 0.05) is 11.3 Å². The molecule has 0 saturated carbocycles. The standard InChI is InChI=1S/C31H29NO6/c1-6-36-24-13-10-21(16-26(24)37-7-2)28-27-29(34)23-14-17(3)18(4)15-25(23)38-30(27)31(35)32(28)22-11-8-20(9-12-22)19(5)33/h8-16,28H,6-7H2,1-5H3. The molecule has 0 radical (unpaired) electrons. The molecule has 194 valence electrons. The lowest BCUT2D eigenvalue weighted by molar-refractivity contribution is 0.0970. The number of ketones is 1. The lowest BCUT2D eigenvalue weighted by atomic mass is 9.96. The molecule has 0 saturated heterocycles. The van der Waals surface area contributed by atoms with E-state index < -0.39 is 11.9 Å². The van der Waals surface area contributed by atoms with Gasteiger partial charge in [-0.3, -0.25) is 19.3 Å². The second-order valence-corrected chi connectivity index (χ2v) is 9.36. The number of hydrogen-bond donors (Lipinski definition) is 0. The fourth-order valence-corrected chi connectivity index (χ4v) is 4.90. The summed E-state index contributed by atoms with van der Waals surface area (Å²) in [6.07, 6.45) is 0. The summed E-state index contributed by atoms with van der Waals surface area (Å²) in [6, 6.07) is 15.0. The Kier molecular flexibility index (Phi) is 6.53. The fraction of sp³-hybridized carbons (Fsp3) is 0.258. The Labute approximate surface area is 220 Å². The lowest BCUT2D eigenvalue weighted by Crippen LogP contribution is -2.29. The van der Waals surface area contributed by atoms with Crippen molar-refractivity contribution in [1.29, 1.82) is 0 Å². The minimum absolute atomic E-state index is 0.0123. The first kappa shape index (κ1) is 25.3. The minimum atomic E-state index is -0.766. The van der Waals surface area contributed by atoms with E-state index in [-0.39, 0.29) is 22.5 Å². The molecule has 4 aromatic rings. The zero-order valence-electron chi connectivity index (χ0n) is 22.1. The van der Waals surface area contributed by atoms with Crippen molar-refractivity contribution in [2.24, 2.45) is 0 Å². The van der Waals surface area contributed by atoms with Crippen molar-refractivity contribution >= 4 is 28.3 Å². The highest BCUT2D eigenvalue weighted by Gasteiger charge is 2.44. The number of hydrogen-bond acceptors (Lipinski definition) is 6. The van der Waals surface area contributed by atoms with E-state index in [2.05, 4.69) is 0 Å². The van der Waals surface area contributed by atoms with E-state index in [1.807, 2.05) is 45.9 Å². The van der Waals surface area contributed by atoms with Crippen LogP contribution in [0, 0.1) is 13.8 Å². The molecule has 0 aliphatic carbocycles. The molecule has 0 fully saturated rings. The first-order valence-corrected chi connectivity index (χ1v) is 12.7. The average Bonchev–Trinajstić information content (AvgIpc) is 3.19. The van der Waals surface area contributed by atoms with Crippen molar-refractivity contribution in [3.8, 4) is 11.5 Å². The third-order valence-corrected chi connectivity index (χ3v) is 6.92. The van der Waals surface area contributed by atoms with Crippen LogP contribution in [0.15, 0.2) is 63.8 Å². The monoisotopic (exact) mass is 511 g/mol. The molecule has 1 unspecified atom stereocenters. The summed E-state index contributed by atoms with van der Waals surface area (Å²) in [7, 11) is 0. The molecular weight excluding hydrogens is 482 g/mol. The van der Waals surface area contributed by atoms with E-state index in [1.54, 1.807) is 41.3 Å². The summed E-state index contributed by atoms with van der Waals surface area (Å²) in [5.74, 6) is 0.613. The highest BCUT2D eigenvalue weighted by atomic mass is 16.5. The SMILES string of the molecule is CCOc1ccc(C2c3c(oc4cc(C)c(C)cc4c3=O)C(=O)N2c2ccc(C(C)=O)cc2)cc1OCC. The summed E-state index contributed by atoms with van der Waals surface area (Å²) in [6.45, 7) is 10.0. The van der Waals surface area contributed by atoms with Gasteiger partial charge in [-0.15, -0.1) is 0 Å². The van der Waals surface area contributed by atoms with Gasteiger partial charge in [-0.1, -0.05) is 6.07 Å². The highest BCUT2D eigenvalue weighted by Crippen LogP contribution is 2.43. The van der Waals surface area contributed by atoms with Crippen molar-refractivity contribution in [3.63, 3.8) is 0 Å². The number of nitrogens with zero attached hydrogens (tertiary/aromatic N) is 1. The van der Waals surface area contributed by atoms with E-state index in [4.69, 9.17) is 13.9 Å². The maximum absolute atomic E-state index is 14.0. The van der Waals surface area contributed by atoms with Gasteiger partial charge in [-0.05, 0) is 99.8 Å². The first-order chi connectivity index (χ1) is 18.2. The lowest BCUT2D eigenvalue weighted by Gasteiger charge is -2.26. The van der Waals surface area contributed by atoms with E-state index in [0.717, 1.165) is 11.1 Å². The predicted molar refractivity (Wildman–Crippen MR) is 146 cm³/mol. The Hall–Kier alpha value is -4.39. The van der Waals surface area contributed by atoms with Crippen molar-refractivity contribution in [2.75, 3.05) is 18.1 Å². The molecule has 1 atom stereocenters. The van der Waals surface area contributed by atoms with Crippen molar-refractivity contribution in [1.82, 2.24) is 0 Å². The van der Waals surface area contributed by atoms with Crippen LogP contribution in [0.4, 0.5) is 5.69 Å². The maximum Gasteiger partial charge on any atom is 0.295 e. The van der Waals surface area contributed by atoms with Crippen LogP contribution in [0.1, 0.15) is 70.0 Å². The number of carbonyl (C=O) groups is 2. The zero-order chi connectivity index (χ0) is 27.1. The van der Waals surface area contributed by atoms with Gasteiger partial charge in [0.25, 0.3) is 5.91 Å². The van der Waals surface area contributed by atoms with Gasteiger partial charge in [0.2, 0.25) is 5.76 Å². The average molecular weight is 512 g/mol. The molecule has 1 aliphatic rings. The number of ether oxygens (including phenoxy) is 2. The second kappa shape index (κ2) is 9.82. The third-order valence-electron chi connectivity index (χ3n) is 6.92. The van der Waals surface area contributed by atoms with Crippen LogP contribution in [-0.4, -0.2) is 24.9 Å². The first-order valence-electron chi connectivity index (χ1n) is 12.7. The Morgan fingerprint density at radius 1 is 0.895 bits per heavy atom. The molecule has 0 N–H and O–H groups in total. The third kappa shape index (κ3) is 4.14. The summed E-state index contributed by atoms with van der Waals surface area (Å²) in [5, 5.41) is 0.425. The molecule has 38 heavy (non-hydrogen) atoms. The topological polar surface area (TPSA) is 86.0 Å². The molecule has 7 nitrogen and oxygen atoms in total. The van der Waals surface area contributed by atoms with Gasteiger partial charge < -0.3 is 13.9 Å². The molecule has 1 aromatic heterocycles. The molecule has 5 rings (SSSR count). The summed E-state index contributed by atoms with van der Waals surface area (Å²) in [5.41, 5.74) is 4.06. The number of aryl methyl sites for hydroxylation is 2. The zero-order valence-corrected chi connectivity index (χ0v) is 22.1. The van der Waals surface area contributed by atoms with Crippen LogP contribution >= 0.6 is 0 Å². The molecule has 1 amide bonds. The number of benzene rings is 3. The molecular formula is C31H29NO6. The molecule has 2 heterocycles. The number of amides is 1. The Bertz CT molecular complexity index is 1630. The number of rotatable bonds is 7. The minimum Gasteiger partial charge on any atom is -0.490 e. The molecule has 0 spiro atoms. The number of Topliss-reactive ketones (excluding diaryl/α,β-unsaturated/α-hetero) is 1. The van der Waals surface area contributed by atoms with Gasteiger partial charge in [-0.25, -0.2) is 0 Å². The maximum atomic E-state index is 14.0. The van der Waals surface area contributed by atoms with E-state index in [0.29, 0.717) is 52.5 Å². The summed E-state index contributed by atoms with van der Waals surface area (Å²) < 4.78 is 17.7. The van der Waals surface area contributed by atoms with Crippen molar-refractivity contribution in [3.05, 3.63) is 98.4 Å². The quantitative estimate of drug-likeness (QED) is 0.276. The van der Waals surface area contributed by atoms with Crippen LogP contribution in [0.25, 0.3) is 11.0 Å². The number of anilines is 1. The summed E-state index contributed by atoms with van der Waals surface area (Å²) in [4.78, 5) is 41.3. The van der Waals surface area contributed by atoms with E-state index in [1.165, 1.54) is 6.92 Å². The van der Waals surface area contributed by atoms with Gasteiger partial charge in [0.15, 0.2) is 22.7 Å². The largest absolute Gasteiger partial charge is 0.490 e. The van der Waals surface area contributed by atoms with Crippen LogP contribution in [0.2, 0.25) is 0 Å². The molecule has 7 heteroatoms. The molecule has 3 aromatic carbocycles. The normalized spacial score (nSPS) is 14.6. The Morgan fingerprint density at radius 2 is 1.55 bits per heavy atom. The predicted octanol–water partition coefficient (Wildman–Crippen LogP) is 6.16. The van der Waals surface area contributed by atoms with Gasteiger partial charge >= 0.3 is 0 Å². The number of carbonyl (C=O) groups excluding carboxylic acids is 2. The Balaban J connectivity index is 1.77. The van der Waals surface area contributed by atoms with Crippen molar-refractivity contribution in [2.45, 2.75) is 40.7 Å². The van der Waals surface area contributed by atoms with E-state index >= 15 is 0 Å².